The second kappa shape index (κ2) is 2.46. The van der Waals surface area contributed by atoms with Gasteiger partial charge < -0.3 is 5.73 Å². The van der Waals surface area contributed by atoms with E-state index in [1.165, 1.54) is 32.1 Å². The first-order valence-corrected chi connectivity index (χ1v) is 4.70. The Hall–Kier alpha value is -0.0800. The number of hydrogen-bond donors (Lipinski definition) is 1. The number of rotatable bonds is 0. The summed E-state index contributed by atoms with van der Waals surface area (Å²) in [5.74, 6) is 0. The van der Waals surface area contributed by atoms with Crippen LogP contribution in [0.15, 0.2) is 0 Å². The summed E-state index contributed by atoms with van der Waals surface area (Å²) >= 11 is 0. The van der Waals surface area contributed by atoms with E-state index in [9.17, 15) is 0 Å². The second-order valence-electron chi connectivity index (χ2n) is 4.28. The molecule has 11 heavy (non-hydrogen) atoms. The molecule has 1 atom stereocenters. The fourth-order valence-electron chi connectivity index (χ4n) is 2.87. The van der Waals surface area contributed by atoms with Crippen molar-refractivity contribution in [3.63, 3.8) is 0 Å². The molecule has 2 fully saturated rings. The van der Waals surface area contributed by atoms with Crippen LogP contribution >= 0.6 is 0 Å². The Kier molecular flexibility index (Phi) is 1.69. The minimum absolute atomic E-state index is 0.443. The van der Waals surface area contributed by atoms with Crippen LogP contribution in [-0.2, 0) is 0 Å². The highest BCUT2D eigenvalue weighted by Crippen LogP contribution is 2.41. The molecular weight excluding hydrogens is 136 g/mol. The third-order valence-electron chi connectivity index (χ3n) is 3.49. The zero-order valence-electron chi connectivity index (χ0n) is 7.34. The number of nitrogens with zero attached hydrogens (tertiary/aromatic N) is 1. The van der Waals surface area contributed by atoms with E-state index in [4.69, 9.17) is 5.73 Å². The molecule has 0 amide bonds. The standard InChI is InChI=1S/C9H18N2/c1-11-7-8(10)6-9(11)4-2-3-5-9/h8H,2-7,10H2,1H3. The summed E-state index contributed by atoms with van der Waals surface area (Å²) in [6, 6.07) is 0.443. The van der Waals surface area contributed by atoms with Crippen molar-refractivity contribution in [1.29, 1.82) is 0 Å². The topological polar surface area (TPSA) is 29.3 Å². The molecule has 1 aliphatic heterocycles. The Labute approximate surface area is 68.7 Å². The average Bonchev–Trinajstić information content (AvgIpc) is 2.45. The van der Waals surface area contributed by atoms with Crippen LogP contribution < -0.4 is 5.73 Å². The predicted molar refractivity (Wildman–Crippen MR) is 46.4 cm³/mol. The Bertz CT molecular complexity index is 150. The van der Waals surface area contributed by atoms with Gasteiger partial charge in [0.15, 0.2) is 0 Å². The fraction of sp³-hybridized carbons (Fsp3) is 1.00. The summed E-state index contributed by atoms with van der Waals surface area (Å²) in [5, 5.41) is 0. The molecule has 1 unspecified atom stereocenters. The lowest BCUT2D eigenvalue weighted by Gasteiger charge is -2.31. The summed E-state index contributed by atoms with van der Waals surface area (Å²) in [6.45, 7) is 1.11. The van der Waals surface area contributed by atoms with E-state index in [0.717, 1.165) is 6.54 Å². The number of likely N-dealkylation sites (tertiary alicyclic amines) is 1. The van der Waals surface area contributed by atoms with Crippen molar-refractivity contribution in [3.05, 3.63) is 0 Å². The zero-order chi connectivity index (χ0) is 7.90. The molecule has 1 aliphatic carbocycles. The lowest BCUT2D eigenvalue weighted by atomic mass is 9.93. The van der Waals surface area contributed by atoms with Gasteiger partial charge in [0.05, 0.1) is 0 Å². The van der Waals surface area contributed by atoms with Crippen molar-refractivity contribution < 1.29 is 0 Å². The average molecular weight is 154 g/mol. The highest BCUT2D eigenvalue weighted by molar-refractivity contribution is 5.02. The third kappa shape index (κ3) is 1.09. The van der Waals surface area contributed by atoms with Gasteiger partial charge in [-0.1, -0.05) is 12.8 Å². The third-order valence-corrected chi connectivity index (χ3v) is 3.49. The Balaban J connectivity index is 2.12. The first-order valence-electron chi connectivity index (χ1n) is 4.70. The molecule has 1 saturated carbocycles. The maximum atomic E-state index is 5.94. The molecule has 1 spiro atoms. The quantitative estimate of drug-likeness (QED) is 0.563. The van der Waals surface area contributed by atoms with Gasteiger partial charge in [-0.3, -0.25) is 4.90 Å². The van der Waals surface area contributed by atoms with Gasteiger partial charge in [0, 0.05) is 18.1 Å². The van der Waals surface area contributed by atoms with Gasteiger partial charge in [-0.15, -0.1) is 0 Å². The molecule has 1 heterocycles. The second-order valence-corrected chi connectivity index (χ2v) is 4.28. The largest absolute Gasteiger partial charge is 0.326 e. The maximum absolute atomic E-state index is 5.94. The van der Waals surface area contributed by atoms with Gasteiger partial charge in [0.25, 0.3) is 0 Å². The van der Waals surface area contributed by atoms with Crippen LogP contribution in [0.5, 0.6) is 0 Å². The highest BCUT2D eigenvalue weighted by atomic mass is 15.2. The van der Waals surface area contributed by atoms with Crippen LogP contribution in [0.3, 0.4) is 0 Å². The number of nitrogens with two attached hydrogens (primary N) is 1. The smallest absolute Gasteiger partial charge is 0.0222 e. The maximum Gasteiger partial charge on any atom is 0.0222 e. The molecule has 2 rings (SSSR count). The van der Waals surface area contributed by atoms with Crippen molar-refractivity contribution in [2.45, 2.75) is 43.7 Å². The normalized spacial score (nSPS) is 37.1. The molecule has 0 bridgehead atoms. The van der Waals surface area contributed by atoms with E-state index in [-0.39, 0.29) is 0 Å². The zero-order valence-corrected chi connectivity index (χ0v) is 7.34. The van der Waals surface area contributed by atoms with Crippen LogP contribution in [-0.4, -0.2) is 30.1 Å². The van der Waals surface area contributed by atoms with Crippen LogP contribution in [0.2, 0.25) is 0 Å². The molecule has 0 aromatic heterocycles. The fourth-order valence-corrected chi connectivity index (χ4v) is 2.87. The molecule has 0 aromatic carbocycles. The SMILES string of the molecule is CN1CC(N)CC12CCCC2. The molecule has 2 aliphatic rings. The molecule has 2 nitrogen and oxygen atoms in total. The predicted octanol–water partition coefficient (Wildman–Crippen LogP) is 0.962. The van der Waals surface area contributed by atoms with Gasteiger partial charge in [0.1, 0.15) is 0 Å². The van der Waals surface area contributed by atoms with Crippen molar-refractivity contribution in [2.75, 3.05) is 13.6 Å². The van der Waals surface area contributed by atoms with Gasteiger partial charge in [-0.2, -0.15) is 0 Å². The van der Waals surface area contributed by atoms with Crippen molar-refractivity contribution >= 4 is 0 Å². The molecule has 2 N–H and O–H groups in total. The highest BCUT2D eigenvalue weighted by Gasteiger charge is 2.43. The summed E-state index contributed by atoms with van der Waals surface area (Å²) in [4.78, 5) is 2.49. The summed E-state index contributed by atoms with van der Waals surface area (Å²) in [5.41, 5.74) is 6.47. The van der Waals surface area contributed by atoms with E-state index < -0.39 is 0 Å². The molecule has 0 radical (unpaired) electrons. The van der Waals surface area contributed by atoms with Gasteiger partial charge >= 0.3 is 0 Å². The van der Waals surface area contributed by atoms with Crippen LogP contribution in [0.1, 0.15) is 32.1 Å². The van der Waals surface area contributed by atoms with E-state index in [0.29, 0.717) is 11.6 Å². The van der Waals surface area contributed by atoms with E-state index >= 15 is 0 Å². The molecule has 1 saturated heterocycles. The van der Waals surface area contributed by atoms with Crippen LogP contribution in [0, 0.1) is 0 Å². The summed E-state index contributed by atoms with van der Waals surface area (Å²) in [7, 11) is 2.23. The molecule has 2 heteroatoms. The van der Waals surface area contributed by atoms with Crippen molar-refractivity contribution in [1.82, 2.24) is 4.90 Å². The summed E-state index contributed by atoms with van der Waals surface area (Å²) < 4.78 is 0. The minimum Gasteiger partial charge on any atom is -0.326 e. The Morgan fingerprint density at radius 2 is 2.00 bits per heavy atom. The molecular formula is C9H18N2. The first-order chi connectivity index (χ1) is 5.23. The monoisotopic (exact) mass is 154 g/mol. The van der Waals surface area contributed by atoms with E-state index in [2.05, 4.69) is 11.9 Å². The van der Waals surface area contributed by atoms with Gasteiger partial charge in [-0.05, 0) is 26.3 Å². The Morgan fingerprint density at radius 1 is 1.36 bits per heavy atom. The molecule has 64 valence electrons. The van der Waals surface area contributed by atoms with Crippen molar-refractivity contribution in [3.8, 4) is 0 Å². The lowest BCUT2D eigenvalue weighted by molar-refractivity contribution is 0.180. The van der Waals surface area contributed by atoms with Crippen LogP contribution in [0.25, 0.3) is 0 Å². The molecule has 0 aromatic rings. The van der Waals surface area contributed by atoms with Gasteiger partial charge in [0.2, 0.25) is 0 Å². The van der Waals surface area contributed by atoms with E-state index in [1.54, 1.807) is 0 Å². The Morgan fingerprint density at radius 3 is 2.45 bits per heavy atom. The minimum atomic E-state index is 0.443. The van der Waals surface area contributed by atoms with E-state index in [1.807, 2.05) is 0 Å². The number of likely N-dealkylation sites (N-methyl/N-ethyl adjacent to an activating group) is 1. The first kappa shape index (κ1) is 7.56. The number of hydrogen-bond acceptors (Lipinski definition) is 2. The van der Waals surface area contributed by atoms with Crippen molar-refractivity contribution in [2.24, 2.45) is 5.73 Å². The van der Waals surface area contributed by atoms with Crippen LogP contribution in [0.4, 0.5) is 0 Å². The summed E-state index contributed by atoms with van der Waals surface area (Å²) in [6.07, 6.45) is 6.84. The van der Waals surface area contributed by atoms with Gasteiger partial charge in [-0.25, -0.2) is 0 Å². The lowest BCUT2D eigenvalue weighted by Crippen LogP contribution is -2.37.